The van der Waals surface area contributed by atoms with Crippen molar-refractivity contribution in [1.29, 1.82) is 0 Å². The highest BCUT2D eigenvalue weighted by Gasteiger charge is 2.29. The number of nitrogens with zero attached hydrogens (tertiary/aromatic N) is 1. The fraction of sp³-hybridized carbons (Fsp3) is 0.588. The molecule has 0 spiro atoms. The van der Waals surface area contributed by atoms with Crippen LogP contribution in [0.3, 0.4) is 0 Å². The molecule has 118 valence electrons. The first kappa shape index (κ1) is 17.7. The Bertz CT molecular complexity index is 415. The van der Waals surface area contributed by atoms with Gasteiger partial charge in [-0.25, -0.2) is 0 Å². The number of benzene rings is 1. The van der Waals surface area contributed by atoms with Crippen molar-refractivity contribution in [3.8, 4) is 0 Å². The molecule has 0 fully saturated rings. The lowest BCUT2D eigenvalue weighted by molar-refractivity contribution is -0.124. The molecule has 0 aliphatic carbocycles. The zero-order valence-electron chi connectivity index (χ0n) is 13.6. The summed E-state index contributed by atoms with van der Waals surface area (Å²) in [6.45, 7) is 8.81. The van der Waals surface area contributed by atoms with E-state index in [-0.39, 0.29) is 11.4 Å². The minimum absolute atomic E-state index is 0.0560. The SMILES string of the molecule is CCCN(CC(=O)NCc1ccccc1)C(C)(CC)CN. The second-order valence-electron chi connectivity index (χ2n) is 5.74. The smallest absolute Gasteiger partial charge is 0.234 e. The molecule has 0 radical (unpaired) electrons. The van der Waals surface area contributed by atoms with Crippen molar-refractivity contribution in [2.24, 2.45) is 5.73 Å². The molecule has 4 nitrogen and oxygen atoms in total. The Labute approximate surface area is 128 Å². The molecule has 0 aromatic heterocycles. The molecule has 1 amide bonds. The van der Waals surface area contributed by atoms with E-state index < -0.39 is 0 Å². The fourth-order valence-corrected chi connectivity index (χ4v) is 2.33. The van der Waals surface area contributed by atoms with Gasteiger partial charge < -0.3 is 11.1 Å². The quantitative estimate of drug-likeness (QED) is 0.733. The number of nitrogens with one attached hydrogen (secondary N) is 1. The lowest BCUT2D eigenvalue weighted by Crippen LogP contribution is -2.54. The second kappa shape index (κ2) is 8.80. The Morgan fingerprint density at radius 3 is 2.48 bits per heavy atom. The molecule has 0 aliphatic heterocycles. The van der Waals surface area contributed by atoms with Crippen LogP contribution < -0.4 is 11.1 Å². The Balaban J connectivity index is 2.56. The molecule has 0 saturated carbocycles. The van der Waals surface area contributed by atoms with Crippen LogP contribution in [-0.2, 0) is 11.3 Å². The summed E-state index contributed by atoms with van der Waals surface area (Å²) in [5.41, 5.74) is 6.92. The number of carbonyl (C=O) groups excluding carboxylic acids is 1. The normalized spacial score (nSPS) is 14.0. The maximum absolute atomic E-state index is 12.2. The van der Waals surface area contributed by atoms with Crippen molar-refractivity contribution >= 4 is 5.91 Å². The predicted octanol–water partition coefficient (Wildman–Crippen LogP) is 2.14. The molecule has 0 aliphatic rings. The van der Waals surface area contributed by atoms with Crippen LogP contribution in [0.1, 0.15) is 39.2 Å². The first-order valence-corrected chi connectivity index (χ1v) is 7.81. The summed E-state index contributed by atoms with van der Waals surface area (Å²) in [6, 6.07) is 9.96. The van der Waals surface area contributed by atoms with Gasteiger partial charge in [0.25, 0.3) is 0 Å². The highest BCUT2D eigenvalue weighted by atomic mass is 16.2. The van der Waals surface area contributed by atoms with Crippen LogP contribution in [-0.4, -0.2) is 36.0 Å². The van der Waals surface area contributed by atoms with E-state index in [9.17, 15) is 4.79 Å². The van der Waals surface area contributed by atoms with Gasteiger partial charge in [0.2, 0.25) is 5.91 Å². The summed E-state index contributed by atoms with van der Waals surface area (Å²) < 4.78 is 0. The lowest BCUT2D eigenvalue weighted by atomic mass is 9.96. The van der Waals surface area contributed by atoms with Crippen LogP contribution >= 0.6 is 0 Å². The Morgan fingerprint density at radius 2 is 1.95 bits per heavy atom. The number of amides is 1. The summed E-state index contributed by atoms with van der Waals surface area (Å²) in [7, 11) is 0. The van der Waals surface area contributed by atoms with E-state index in [0.29, 0.717) is 19.6 Å². The van der Waals surface area contributed by atoms with E-state index in [1.54, 1.807) is 0 Å². The maximum Gasteiger partial charge on any atom is 0.234 e. The van der Waals surface area contributed by atoms with Gasteiger partial charge in [-0.1, -0.05) is 44.2 Å². The van der Waals surface area contributed by atoms with E-state index >= 15 is 0 Å². The molecule has 21 heavy (non-hydrogen) atoms. The fourth-order valence-electron chi connectivity index (χ4n) is 2.33. The summed E-state index contributed by atoms with van der Waals surface area (Å²) in [5, 5.41) is 2.99. The van der Waals surface area contributed by atoms with Gasteiger partial charge in [0.1, 0.15) is 0 Å². The molecule has 1 rings (SSSR count). The highest BCUT2D eigenvalue weighted by Crippen LogP contribution is 2.18. The second-order valence-corrected chi connectivity index (χ2v) is 5.74. The first-order chi connectivity index (χ1) is 10.1. The molecular formula is C17H29N3O. The lowest BCUT2D eigenvalue weighted by Gasteiger charge is -2.39. The van der Waals surface area contributed by atoms with Crippen LogP contribution in [0, 0.1) is 0 Å². The molecule has 0 heterocycles. The third-order valence-electron chi connectivity index (χ3n) is 4.13. The molecule has 1 unspecified atom stereocenters. The van der Waals surface area contributed by atoms with Crippen molar-refractivity contribution < 1.29 is 4.79 Å². The molecule has 0 bridgehead atoms. The average molecular weight is 291 g/mol. The number of carbonyl (C=O) groups is 1. The Kier molecular flexibility index (Phi) is 7.40. The van der Waals surface area contributed by atoms with Gasteiger partial charge in [-0.3, -0.25) is 9.69 Å². The molecule has 1 atom stereocenters. The van der Waals surface area contributed by atoms with E-state index in [0.717, 1.165) is 24.9 Å². The van der Waals surface area contributed by atoms with E-state index in [1.165, 1.54) is 0 Å². The van der Waals surface area contributed by atoms with Crippen LogP contribution in [0.2, 0.25) is 0 Å². The molecule has 0 saturated heterocycles. The van der Waals surface area contributed by atoms with Gasteiger partial charge in [-0.15, -0.1) is 0 Å². The summed E-state index contributed by atoms with van der Waals surface area (Å²) in [6.07, 6.45) is 1.96. The Hall–Kier alpha value is -1.39. The average Bonchev–Trinajstić information content (AvgIpc) is 2.52. The highest BCUT2D eigenvalue weighted by molar-refractivity contribution is 5.78. The zero-order chi connectivity index (χ0) is 15.7. The third-order valence-corrected chi connectivity index (χ3v) is 4.13. The van der Waals surface area contributed by atoms with Gasteiger partial charge in [0.15, 0.2) is 0 Å². The van der Waals surface area contributed by atoms with Crippen molar-refractivity contribution in [2.75, 3.05) is 19.6 Å². The first-order valence-electron chi connectivity index (χ1n) is 7.81. The number of rotatable bonds is 9. The van der Waals surface area contributed by atoms with Crippen LogP contribution in [0.25, 0.3) is 0 Å². The minimum Gasteiger partial charge on any atom is -0.351 e. The van der Waals surface area contributed by atoms with E-state index in [4.69, 9.17) is 5.73 Å². The summed E-state index contributed by atoms with van der Waals surface area (Å²) in [5.74, 6) is 0.0560. The number of hydrogen-bond donors (Lipinski definition) is 2. The predicted molar refractivity (Wildman–Crippen MR) is 87.9 cm³/mol. The van der Waals surface area contributed by atoms with Gasteiger partial charge in [-0.2, -0.15) is 0 Å². The summed E-state index contributed by atoms with van der Waals surface area (Å²) >= 11 is 0. The topological polar surface area (TPSA) is 58.4 Å². The van der Waals surface area contributed by atoms with Gasteiger partial charge >= 0.3 is 0 Å². The minimum atomic E-state index is -0.111. The van der Waals surface area contributed by atoms with Gasteiger partial charge in [0, 0.05) is 18.6 Å². The number of nitrogens with two attached hydrogens (primary N) is 1. The number of hydrogen-bond acceptors (Lipinski definition) is 3. The van der Waals surface area contributed by atoms with Gasteiger partial charge in [-0.05, 0) is 31.9 Å². The molecule has 3 N–H and O–H groups in total. The molecule has 1 aromatic rings. The molecule has 4 heteroatoms. The standard InChI is InChI=1S/C17H29N3O/c1-4-11-20(17(3,5-2)14-18)13-16(21)19-12-15-9-7-6-8-10-15/h6-10H,4-5,11-14,18H2,1-3H3,(H,19,21). The van der Waals surface area contributed by atoms with Crippen molar-refractivity contribution in [3.63, 3.8) is 0 Å². The third kappa shape index (κ3) is 5.48. The maximum atomic E-state index is 12.2. The van der Waals surface area contributed by atoms with Crippen LogP contribution in [0.15, 0.2) is 30.3 Å². The molecule has 1 aromatic carbocycles. The monoisotopic (exact) mass is 291 g/mol. The Morgan fingerprint density at radius 1 is 1.29 bits per heavy atom. The van der Waals surface area contributed by atoms with Crippen molar-refractivity contribution in [2.45, 2.75) is 45.7 Å². The van der Waals surface area contributed by atoms with Crippen LogP contribution in [0.5, 0.6) is 0 Å². The van der Waals surface area contributed by atoms with E-state index in [2.05, 4.69) is 31.0 Å². The van der Waals surface area contributed by atoms with Crippen molar-refractivity contribution in [1.82, 2.24) is 10.2 Å². The summed E-state index contributed by atoms with van der Waals surface area (Å²) in [4.78, 5) is 14.4. The van der Waals surface area contributed by atoms with E-state index in [1.807, 2.05) is 30.3 Å². The zero-order valence-corrected chi connectivity index (χ0v) is 13.6. The van der Waals surface area contributed by atoms with Gasteiger partial charge in [0.05, 0.1) is 6.54 Å². The largest absolute Gasteiger partial charge is 0.351 e. The molecular weight excluding hydrogens is 262 g/mol. The van der Waals surface area contributed by atoms with Crippen molar-refractivity contribution in [3.05, 3.63) is 35.9 Å². The van der Waals surface area contributed by atoms with Crippen LogP contribution in [0.4, 0.5) is 0 Å².